The lowest BCUT2D eigenvalue weighted by atomic mass is 9.89. The van der Waals surface area contributed by atoms with Gasteiger partial charge in [-0.15, -0.1) is 0 Å². The van der Waals surface area contributed by atoms with Crippen molar-refractivity contribution in [3.05, 3.63) is 15.9 Å². The van der Waals surface area contributed by atoms with Gasteiger partial charge in [-0.25, -0.2) is 0 Å². The first-order valence-electron chi connectivity index (χ1n) is 5.95. The Balaban J connectivity index is 2.25. The number of hydrogen-bond acceptors (Lipinski definition) is 2. The summed E-state index contributed by atoms with van der Waals surface area (Å²) < 4.78 is 1.19. The first-order chi connectivity index (χ1) is 7.50. The summed E-state index contributed by atoms with van der Waals surface area (Å²) in [7, 11) is 0. The maximum atomic E-state index is 4.47. The lowest BCUT2D eigenvalue weighted by molar-refractivity contribution is 0.452. The summed E-state index contributed by atoms with van der Waals surface area (Å²) in [6.45, 7) is 8.81. The maximum Gasteiger partial charge on any atom is 0.0820 e. The summed E-state index contributed by atoms with van der Waals surface area (Å²) in [6, 6.07) is 0. The van der Waals surface area contributed by atoms with Crippen LogP contribution in [0.4, 0.5) is 0 Å². The lowest BCUT2D eigenvalue weighted by Gasteiger charge is -2.22. The second-order valence-electron chi connectivity index (χ2n) is 5.57. The van der Waals surface area contributed by atoms with Crippen LogP contribution in [0.2, 0.25) is 0 Å². The van der Waals surface area contributed by atoms with E-state index in [2.05, 4.69) is 52.2 Å². The summed E-state index contributed by atoms with van der Waals surface area (Å²) in [5, 5.41) is 11.1. The summed E-state index contributed by atoms with van der Waals surface area (Å²) in [5.41, 5.74) is 2.52. The molecule has 1 aromatic rings. The molecule has 1 aromatic heterocycles. The van der Waals surface area contributed by atoms with E-state index in [0.29, 0.717) is 5.92 Å². The smallest absolute Gasteiger partial charge is 0.0820 e. The fourth-order valence-electron chi connectivity index (χ4n) is 2.22. The van der Waals surface area contributed by atoms with Gasteiger partial charge in [0.2, 0.25) is 0 Å². The fraction of sp³-hybridized carbons (Fsp3) is 0.750. The van der Waals surface area contributed by atoms with Crippen LogP contribution in [0, 0.1) is 0 Å². The van der Waals surface area contributed by atoms with E-state index in [1.165, 1.54) is 23.0 Å². The molecule has 0 aliphatic carbocycles. The highest BCUT2D eigenvalue weighted by molar-refractivity contribution is 9.10. The molecule has 0 aromatic carbocycles. The third kappa shape index (κ3) is 2.33. The average molecular weight is 286 g/mol. The number of halogens is 1. The van der Waals surface area contributed by atoms with Gasteiger partial charge in [0.25, 0.3) is 0 Å². The van der Waals surface area contributed by atoms with E-state index in [0.717, 1.165) is 18.8 Å². The van der Waals surface area contributed by atoms with E-state index in [-0.39, 0.29) is 5.41 Å². The Bertz CT molecular complexity index is 359. The molecule has 0 atom stereocenters. The molecule has 2 heterocycles. The van der Waals surface area contributed by atoms with Gasteiger partial charge in [0.1, 0.15) is 0 Å². The van der Waals surface area contributed by atoms with Gasteiger partial charge >= 0.3 is 0 Å². The van der Waals surface area contributed by atoms with Crippen LogP contribution >= 0.6 is 15.9 Å². The number of aromatic amines is 1. The Morgan fingerprint density at radius 1 is 1.25 bits per heavy atom. The van der Waals surface area contributed by atoms with Gasteiger partial charge in [-0.2, -0.15) is 5.10 Å². The largest absolute Gasteiger partial charge is 0.317 e. The third-order valence-electron chi connectivity index (χ3n) is 3.19. The number of H-pyrrole nitrogens is 1. The zero-order chi connectivity index (χ0) is 11.8. The highest BCUT2D eigenvalue weighted by Gasteiger charge is 2.26. The molecule has 0 unspecified atom stereocenters. The summed E-state index contributed by atoms with van der Waals surface area (Å²) >= 11 is 3.71. The molecule has 0 spiro atoms. The minimum Gasteiger partial charge on any atom is -0.317 e. The molecule has 1 aliphatic rings. The van der Waals surface area contributed by atoms with Crippen LogP contribution < -0.4 is 5.32 Å². The van der Waals surface area contributed by atoms with Crippen molar-refractivity contribution >= 4 is 15.9 Å². The molecular weight excluding hydrogens is 266 g/mol. The first-order valence-corrected chi connectivity index (χ1v) is 6.74. The standard InChI is InChI=1S/C12H20BrN3/c1-12(2,3)11-9(13)10(15-16-11)8-4-6-14-7-5-8/h8,14H,4-7H2,1-3H3,(H,15,16). The molecule has 0 saturated carbocycles. The van der Waals surface area contributed by atoms with Crippen LogP contribution in [0.25, 0.3) is 0 Å². The van der Waals surface area contributed by atoms with Gasteiger partial charge in [-0.1, -0.05) is 20.8 Å². The molecule has 0 bridgehead atoms. The van der Waals surface area contributed by atoms with E-state index in [9.17, 15) is 0 Å². The molecule has 16 heavy (non-hydrogen) atoms. The van der Waals surface area contributed by atoms with Gasteiger partial charge in [-0.05, 0) is 41.9 Å². The van der Waals surface area contributed by atoms with Crippen molar-refractivity contribution in [2.45, 2.75) is 44.9 Å². The van der Waals surface area contributed by atoms with Crippen molar-refractivity contribution in [2.24, 2.45) is 0 Å². The number of nitrogens with zero attached hydrogens (tertiary/aromatic N) is 1. The van der Waals surface area contributed by atoms with Crippen LogP contribution in [0.1, 0.15) is 50.9 Å². The van der Waals surface area contributed by atoms with Crippen molar-refractivity contribution in [1.29, 1.82) is 0 Å². The summed E-state index contributed by atoms with van der Waals surface area (Å²) in [4.78, 5) is 0. The van der Waals surface area contributed by atoms with Crippen LogP contribution in [0.5, 0.6) is 0 Å². The minimum absolute atomic E-state index is 0.0977. The highest BCUT2D eigenvalue weighted by atomic mass is 79.9. The summed E-state index contributed by atoms with van der Waals surface area (Å²) in [5.74, 6) is 0.624. The van der Waals surface area contributed by atoms with Crippen LogP contribution in [-0.4, -0.2) is 23.3 Å². The summed E-state index contributed by atoms with van der Waals surface area (Å²) in [6.07, 6.45) is 2.40. The monoisotopic (exact) mass is 285 g/mol. The number of aromatic nitrogens is 2. The van der Waals surface area contributed by atoms with E-state index in [1.807, 2.05) is 0 Å². The SMILES string of the molecule is CC(C)(C)c1n[nH]c(C2CCNCC2)c1Br. The zero-order valence-electron chi connectivity index (χ0n) is 10.2. The van der Waals surface area contributed by atoms with Gasteiger partial charge in [0.05, 0.1) is 15.9 Å². The van der Waals surface area contributed by atoms with Crippen molar-refractivity contribution in [1.82, 2.24) is 15.5 Å². The lowest BCUT2D eigenvalue weighted by Crippen LogP contribution is -2.27. The number of rotatable bonds is 1. The molecule has 0 amide bonds. The van der Waals surface area contributed by atoms with E-state index >= 15 is 0 Å². The predicted molar refractivity (Wildman–Crippen MR) is 69.8 cm³/mol. The van der Waals surface area contributed by atoms with E-state index in [1.54, 1.807) is 0 Å². The van der Waals surface area contributed by atoms with E-state index < -0.39 is 0 Å². The Kier molecular flexibility index (Phi) is 3.40. The second-order valence-corrected chi connectivity index (χ2v) is 6.37. The van der Waals surface area contributed by atoms with Crippen molar-refractivity contribution in [3.63, 3.8) is 0 Å². The molecule has 3 nitrogen and oxygen atoms in total. The Morgan fingerprint density at radius 3 is 2.38 bits per heavy atom. The van der Waals surface area contributed by atoms with E-state index in [4.69, 9.17) is 0 Å². The highest BCUT2D eigenvalue weighted by Crippen LogP contribution is 2.36. The van der Waals surface area contributed by atoms with Crippen molar-refractivity contribution in [3.8, 4) is 0 Å². The Hall–Kier alpha value is -0.350. The van der Waals surface area contributed by atoms with Crippen LogP contribution in [0.15, 0.2) is 4.47 Å². The molecule has 4 heteroatoms. The number of hydrogen-bond donors (Lipinski definition) is 2. The molecule has 1 fully saturated rings. The van der Waals surface area contributed by atoms with Gasteiger partial charge in [-0.3, -0.25) is 5.10 Å². The molecule has 1 aliphatic heterocycles. The van der Waals surface area contributed by atoms with Crippen LogP contribution in [-0.2, 0) is 5.41 Å². The van der Waals surface area contributed by atoms with Crippen molar-refractivity contribution in [2.75, 3.05) is 13.1 Å². The van der Waals surface area contributed by atoms with Gasteiger partial charge < -0.3 is 5.32 Å². The molecule has 0 radical (unpaired) electrons. The first kappa shape index (κ1) is 12.1. The fourth-order valence-corrected chi connectivity index (χ4v) is 3.32. The van der Waals surface area contributed by atoms with Gasteiger partial charge in [0, 0.05) is 11.3 Å². The normalized spacial score (nSPS) is 19.0. The quantitative estimate of drug-likeness (QED) is 0.833. The molecular formula is C12H20BrN3. The maximum absolute atomic E-state index is 4.47. The number of piperidine rings is 1. The van der Waals surface area contributed by atoms with Crippen LogP contribution in [0.3, 0.4) is 0 Å². The Labute approximate surface area is 106 Å². The average Bonchev–Trinajstić information content (AvgIpc) is 2.61. The minimum atomic E-state index is 0.0977. The Morgan fingerprint density at radius 2 is 1.88 bits per heavy atom. The second kappa shape index (κ2) is 4.49. The van der Waals surface area contributed by atoms with Gasteiger partial charge in [0.15, 0.2) is 0 Å². The number of nitrogens with one attached hydrogen (secondary N) is 2. The van der Waals surface area contributed by atoms with Crippen molar-refractivity contribution < 1.29 is 0 Å². The third-order valence-corrected chi connectivity index (χ3v) is 3.99. The molecule has 2 N–H and O–H groups in total. The zero-order valence-corrected chi connectivity index (χ0v) is 11.8. The topological polar surface area (TPSA) is 40.7 Å². The molecule has 90 valence electrons. The predicted octanol–water partition coefficient (Wildman–Crippen LogP) is 2.94. The molecule has 2 rings (SSSR count). The molecule has 1 saturated heterocycles.